The lowest BCUT2D eigenvalue weighted by atomic mass is 9.73. The maximum absolute atomic E-state index is 6.25. The Morgan fingerprint density at radius 2 is 2.07 bits per heavy atom. The molecule has 1 fully saturated rings. The van der Waals surface area contributed by atoms with Crippen LogP contribution in [0.2, 0.25) is 0 Å². The van der Waals surface area contributed by atoms with Gasteiger partial charge in [0.2, 0.25) is 0 Å². The van der Waals surface area contributed by atoms with Crippen LogP contribution in [0.4, 0.5) is 0 Å². The zero-order valence-electron chi connectivity index (χ0n) is 10.6. The molecule has 0 N–H and O–H groups in total. The molecule has 3 atom stereocenters. The molecule has 15 heavy (non-hydrogen) atoms. The van der Waals surface area contributed by atoms with Gasteiger partial charge < -0.3 is 4.74 Å². The fourth-order valence-electron chi connectivity index (χ4n) is 3.03. The van der Waals surface area contributed by atoms with Gasteiger partial charge in [0.1, 0.15) is 0 Å². The maximum Gasteiger partial charge on any atom is 0.0847 e. The Hall–Kier alpha value is 0.690. The van der Waals surface area contributed by atoms with E-state index in [1.54, 1.807) is 0 Å². The van der Waals surface area contributed by atoms with Crippen LogP contribution in [0.3, 0.4) is 0 Å². The second-order valence-corrected chi connectivity index (χ2v) is 6.66. The molecule has 0 spiro atoms. The van der Waals surface area contributed by atoms with Crippen molar-refractivity contribution < 1.29 is 4.74 Å². The van der Waals surface area contributed by atoms with E-state index in [1.165, 1.54) is 25.7 Å². The van der Waals surface area contributed by atoms with Crippen molar-refractivity contribution >= 4 is 22.6 Å². The summed E-state index contributed by atoms with van der Waals surface area (Å²) in [6.45, 7) is 10.3. The molecule has 0 aromatic rings. The van der Waals surface area contributed by atoms with Crippen molar-refractivity contribution in [1.29, 1.82) is 0 Å². The molecule has 0 radical (unpaired) electrons. The van der Waals surface area contributed by atoms with Gasteiger partial charge in [-0.2, -0.15) is 0 Å². The maximum atomic E-state index is 6.25. The molecule has 1 aliphatic heterocycles. The highest BCUT2D eigenvalue weighted by Crippen LogP contribution is 2.44. The summed E-state index contributed by atoms with van der Waals surface area (Å²) in [7, 11) is 0. The lowest BCUT2D eigenvalue weighted by Crippen LogP contribution is -2.54. The van der Waals surface area contributed by atoms with E-state index in [0.717, 1.165) is 6.61 Å². The molecule has 1 aliphatic rings. The van der Waals surface area contributed by atoms with Crippen LogP contribution in [0.25, 0.3) is 0 Å². The zero-order valence-corrected chi connectivity index (χ0v) is 12.7. The molecule has 0 aromatic heterocycles. The highest BCUT2D eigenvalue weighted by molar-refractivity contribution is 14.1. The number of halogens is 1. The Kier molecular flexibility index (Phi) is 5.37. The van der Waals surface area contributed by atoms with E-state index in [4.69, 9.17) is 4.74 Å². The van der Waals surface area contributed by atoms with Crippen molar-refractivity contribution in [3.05, 3.63) is 0 Å². The van der Waals surface area contributed by atoms with E-state index in [2.05, 4.69) is 50.3 Å². The van der Waals surface area contributed by atoms with Crippen molar-refractivity contribution in [2.75, 3.05) is 6.61 Å². The molecule has 1 saturated heterocycles. The van der Waals surface area contributed by atoms with E-state index in [1.807, 2.05) is 0 Å². The Morgan fingerprint density at radius 3 is 2.53 bits per heavy atom. The fourth-order valence-corrected chi connectivity index (χ4v) is 4.99. The van der Waals surface area contributed by atoms with Crippen molar-refractivity contribution in [1.82, 2.24) is 0 Å². The minimum atomic E-state index is 0.134. The number of hydrogen-bond donors (Lipinski definition) is 0. The van der Waals surface area contributed by atoms with Crippen LogP contribution in [0.1, 0.15) is 53.4 Å². The average Bonchev–Trinajstić information content (AvgIpc) is 2.18. The van der Waals surface area contributed by atoms with Crippen LogP contribution >= 0.6 is 22.6 Å². The first-order valence-electron chi connectivity index (χ1n) is 6.33. The summed E-state index contributed by atoms with van der Waals surface area (Å²) in [6, 6.07) is 0. The SMILES string of the molecule is CCCC(C)[C@@]1(C(C)C)OCCC[C@@H]1I. The monoisotopic (exact) mass is 324 g/mol. The average molecular weight is 324 g/mol. The highest BCUT2D eigenvalue weighted by Gasteiger charge is 2.47. The second kappa shape index (κ2) is 5.85. The number of ether oxygens (including phenoxy) is 1. The van der Waals surface area contributed by atoms with Gasteiger partial charge >= 0.3 is 0 Å². The van der Waals surface area contributed by atoms with Crippen LogP contribution in [-0.4, -0.2) is 16.1 Å². The lowest BCUT2D eigenvalue weighted by Gasteiger charge is -2.49. The third-order valence-corrected chi connectivity index (χ3v) is 5.43. The highest BCUT2D eigenvalue weighted by atomic mass is 127. The van der Waals surface area contributed by atoms with Crippen molar-refractivity contribution in [3.63, 3.8) is 0 Å². The molecule has 1 unspecified atom stereocenters. The molecule has 0 aromatic carbocycles. The summed E-state index contributed by atoms with van der Waals surface area (Å²) < 4.78 is 6.93. The number of alkyl halides is 1. The molecular formula is C13H25IO. The van der Waals surface area contributed by atoms with E-state index in [0.29, 0.717) is 15.8 Å². The molecule has 0 saturated carbocycles. The summed E-state index contributed by atoms with van der Waals surface area (Å²) in [4.78, 5) is 0. The Bertz CT molecular complexity index is 193. The molecular weight excluding hydrogens is 299 g/mol. The Balaban J connectivity index is 2.84. The summed E-state index contributed by atoms with van der Waals surface area (Å²) in [5.41, 5.74) is 0.134. The van der Waals surface area contributed by atoms with E-state index in [9.17, 15) is 0 Å². The molecule has 1 heterocycles. The molecule has 0 aliphatic carbocycles. The topological polar surface area (TPSA) is 9.23 Å². The minimum absolute atomic E-state index is 0.134. The first kappa shape index (κ1) is 13.8. The minimum Gasteiger partial charge on any atom is -0.373 e. The molecule has 1 rings (SSSR count). The van der Waals surface area contributed by atoms with Crippen LogP contribution in [0.5, 0.6) is 0 Å². The van der Waals surface area contributed by atoms with Gasteiger partial charge in [-0.25, -0.2) is 0 Å². The number of hydrogen-bond acceptors (Lipinski definition) is 1. The quantitative estimate of drug-likeness (QED) is 0.549. The summed E-state index contributed by atoms with van der Waals surface area (Å²) in [5.74, 6) is 1.31. The first-order valence-corrected chi connectivity index (χ1v) is 7.58. The standard InChI is InChI=1S/C13H25IO/c1-5-7-11(4)13(10(2)3)12(14)8-6-9-15-13/h10-12H,5-9H2,1-4H3/t11?,12-,13+/m0/s1. The third-order valence-electron chi connectivity index (χ3n) is 3.84. The number of rotatable bonds is 4. The molecule has 0 bridgehead atoms. The van der Waals surface area contributed by atoms with Gasteiger partial charge in [0.25, 0.3) is 0 Å². The van der Waals surface area contributed by atoms with E-state index in [-0.39, 0.29) is 5.60 Å². The van der Waals surface area contributed by atoms with E-state index < -0.39 is 0 Å². The second-order valence-electron chi connectivity index (χ2n) is 5.16. The van der Waals surface area contributed by atoms with Gasteiger partial charge in [0, 0.05) is 10.5 Å². The van der Waals surface area contributed by atoms with Gasteiger partial charge in [-0.05, 0) is 31.1 Å². The Morgan fingerprint density at radius 1 is 1.40 bits per heavy atom. The summed E-state index contributed by atoms with van der Waals surface area (Å²) >= 11 is 2.62. The van der Waals surface area contributed by atoms with Crippen LogP contribution in [0, 0.1) is 11.8 Å². The summed E-state index contributed by atoms with van der Waals surface area (Å²) in [5, 5.41) is 0. The van der Waals surface area contributed by atoms with Gasteiger partial charge in [-0.3, -0.25) is 0 Å². The van der Waals surface area contributed by atoms with Gasteiger partial charge in [0.15, 0.2) is 0 Å². The molecule has 2 heteroatoms. The molecule has 90 valence electrons. The van der Waals surface area contributed by atoms with E-state index >= 15 is 0 Å². The third kappa shape index (κ3) is 2.68. The van der Waals surface area contributed by atoms with Crippen LogP contribution in [-0.2, 0) is 4.74 Å². The fraction of sp³-hybridized carbons (Fsp3) is 1.00. The normalized spacial score (nSPS) is 34.4. The van der Waals surface area contributed by atoms with Crippen molar-refractivity contribution in [2.24, 2.45) is 11.8 Å². The zero-order chi connectivity index (χ0) is 11.5. The predicted octanol–water partition coefficient (Wildman–Crippen LogP) is 4.43. The van der Waals surface area contributed by atoms with Gasteiger partial charge in [-0.15, -0.1) is 0 Å². The van der Waals surface area contributed by atoms with Gasteiger partial charge in [-0.1, -0.05) is 56.7 Å². The lowest BCUT2D eigenvalue weighted by molar-refractivity contribution is -0.134. The van der Waals surface area contributed by atoms with Crippen LogP contribution in [0.15, 0.2) is 0 Å². The first-order chi connectivity index (χ1) is 7.05. The van der Waals surface area contributed by atoms with Crippen molar-refractivity contribution in [2.45, 2.75) is 62.9 Å². The van der Waals surface area contributed by atoms with Crippen LogP contribution < -0.4 is 0 Å². The smallest absolute Gasteiger partial charge is 0.0847 e. The Labute approximate surface area is 108 Å². The van der Waals surface area contributed by atoms with Gasteiger partial charge in [0.05, 0.1) is 5.60 Å². The predicted molar refractivity (Wildman–Crippen MR) is 74.6 cm³/mol. The summed E-state index contributed by atoms with van der Waals surface area (Å²) in [6.07, 6.45) is 5.12. The molecule has 0 amide bonds. The molecule has 1 nitrogen and oxygen atoms in total. The largest absolute Gasteiger partial charge is 0.373 e. The van der Waals surface area contributed by atoms with Crippen molar-refractivity contribution in [3.8, 4) is 0 Å².